The predicted molar refractivity (Wildman–Crippen MR) is 121 cm³/mol. The Morgan fingerprint density at radius 3 is 2.71 bits per heavy atom. The Labute approximate surface area is 182 Å². The van der Waals surface area contributed by atoms with Crippen LogP contribution in [0.5, 0.6) is 0 Å². The van der Waals surface area contributed by atoms with E-state index in [1.807, 2.05) is 24.3 Å². The molecule has 4 aromatic rings. The summed E-state index contributed by atoms with van der Waals surface area (Å²) in [4.78, 5) is 35.1. The van der Waals surface area contributed by atoms with Crippen LogP contribution >= 0.6 is 11.3 Å². The van der Waals surface area contributed by atoms with Gasteiger partial charge in [-0.2, -0.15) is 0 Å². The molecule has 0 N–H and O–H groups in total. The number of amides is 1. The van der Waals surface area contributed by atoms with Crippen molar-refractivity contribution in [2.75, 3.05) is 44.3 Å². The lowest BCUT2D eigenvalue weighted by Gasteiger charge is -2.29. The van der Waals surface area contributed by atoms with Crippen molar-refractivity contribution in [3.63, 3.8) is 0 Å². The summed E-state index contributed by atoms with van der Waals surface area (Å²) in [6, 6.07) is 14.7. The van der Waals surface area contributed by atoms with Gasteiger partial charge in [0, 0.05) is 26.2 Å². The number of hydrogen-bond acceptors (Lipinski definition) is 7. The first-order valence-corrected chi connectivity index (χ1v) is 11.0. The molecule has 1 aliphatic rings. The zero-order valence-electron chi connectivity index (χ0n) is 16.8. The van der Waals surface area contributed by atoms with Gasteiger partial charge in [0.25, 0.3) is 5.91 Å². The van der Waals surface area contributed by atoms with E-state index >= 15 is 0 Å². The van der Waals surface area contributed by atoms with Crippen LogP contribution in [-0.2, 0) is 4.74 Å². The quantitative estimate of drug-likeness (QED) is 0.478. The molecule has 1 amide bonds. The van der Waals surface area contributed by atoms with Crippen molar-refractivity contribution in [3.8, 4) is 0 Å². The van der Waals surface area contributed by atoms with E-state index in [0.717, 1.165) is 23.3 Å². The third kappa shape index (κ3) is 3.97. The van der Waals surface area contributed by atoms with Gasteiger partial charge >= 0.3 is 0 Å². The highest BCUT2D eigenvalue weighted by Crippen LogP contribution is 2.29. The molecule has 1 aliphatic heterocycles. The molecule has 158 valence electrons. The van der Waals surface area contributed by atoms with Crippen LogP contribution in [0.3, 0.4) is 0 Å². The van der Waals surface area contributed by atoms with Crippen molar-refractivity contribution in [2.45, 2.75) is 0 Å². The number of benzene rings is 2. The Hall–Kier alpha value is -3.07. The van der Waals surface area contributed by atoms with E-state index < -0.39 is 5.91 Å². The molecule has 0 aliphatic carbocycles. The van der Waals surface area contributed by atoms with E-state index in [9.17, 15) is 9.59 Å². The number of para-hydroxylation sites is 2. The van der Waals surface area contributed by atoms with Crippen molar-refractivity contribution < 1.29 is 13.9 Å². The Morgan fingerprint density at radius 1 is 1.10 bits per heavy atom. The molecule has 1 saturated heterocycles. The van der Waals surface area contributed by atoms with Gasteiger partial charge < -0.3 is 9.15 Å². The van der Waals surface area contributed by atoms with Crippen molar-refractivity contribution in [2.24, 2.45) is 0 Å². The number of fused-ring (bicyclic) bond motifs is 2. The highest BCUT2D eigenvalue weighted by Gasteiger charge is 2.26. The summed E-state index contributed by atoms with van der Waals surface area (Å²) in [7, 11) is 0. The molecule has 31 heavy (non-hydrogen) atoms. The van der Waals surface area contributed by atoms with Crippen molar-refractivity contribution in [1.29, 1.82) is 0 Å². The zero-order chi connectivity index (χ0) is 21.2. The Bertz CT molecular complexity index is 1260. The molecule has 0 saturated carbocycles. The minimum atomic E-state index is -0.396. The lowest BCUT2D eigenvalue weighted by molar-refractivity contribution is 0.0391. The van der Waals surface area contributed by atoms with Gasteiger partial charge in [0.15, 0.2) is 5.13 Å². The highest BCUT2D eigenvalue weighted by molar-refractivity contribution is 7.22. The third-order valence-corrected chi connectivity index (χ3v) is 6.47. The molecule has 0 unspecified atom stereocenters. The average molecular weight is 436 g/mol. The van der Waals surface area contributed by atoms with E-state index in [-0.39, 0.29) is 11.0 Å². The number of rotatable bonds is 5. The van der Waals surface area contributed by atoms with Crippen LogP contribution in [0.4, 0.5) is 5.13 Å². The van der Waals surface area contributed by atoms with Crippen LogP contribution in [-0.4, -0.2) is 55.2 Å². The molecule has 0 radical (unpaired) electrons. The Morgan fingerprint density at radius 2 is 1.87 bits per heavy atom. The second-order valence-corrected chi connectivity index (χ2v) is 8.36. The van der Waals surface area contributed by atoms with E-state index in [1.54, 1.807) is 29.2 Å². The van der Waals surface area contributed by atoms with Crippen LogP contribution in [0.25, 0.3) is 21.2 Å². The first-order chi connectivity index (χ1) is 15.2. The first kappa shape index (κ1) is 19.9. The second kappa shape index (κ2) is 8.58. The van der Waals surface area contributed by atoms with Crippen LogP contribution in [0.15, 0.2) is 64.0 Å². The van der Waals surface area contributed by atoms with Crippen LogP contribution in [0.2, 0.25) is 0 Å². The van der Waals surface area contributed by atoms with Crippen LogP contribution in [0, 0.1) is 0 Å². The maximum atomic E-state index is 13.5. The third-order valence-electron chi connectivity index (χ3n) is 5.41. The molecular weight excluding hydrogens is 414 g/mol. The van der Waals surface area contributed by atoms with Crippen LogP contribution < -0.4 is 10.3 Å². The number of morpholine rings is 1. The Kier molecular flexibility index (Phi) is 5.50. The number of ether oxygens (including phenoxy) is 1. The Balaban J connectivity index is 1.51. The van der Waals surface area contributed by atoms with Crippen LogP contribution in [0.1, 0.15) is 10.4 Å². The summed E-state index contributed by atoms with van der Waals surface area (Å²) < 4.78 is 12.0. The number of nitrogens with zero attached hydrogens (tertiary/aromatic N) is 3. The number of hydrogen-bond donors (Lipinski definition) is 0. The summed E-state index contributed by atoms with van der Waals surface area (Å²) in [6.07, 6.45) is 1.27. The molecule has 0 bridgehead atoms. The summed E-state index contributed by atoms with van der Waals surface area (Å²) in [5.41, 5.74) is 0.977. The molecule has 0 atom stereocenters. The maximum absolute atomic E-state index is 13.5. The number of carbonyl (C=O) groups is 1. The minimum absolute atomic E-state index is 0.0138. The van der Waals surface area contributed by atoms with Crippen molar-refractivity contribution >= 4 is 43.6 Å². The van der Waals surface area contributed by atoms with Gasteiger partial charge in [-0.1, -0.05) is 35.6 Å². The largest absolute Gasteiger partial charge is 0.463 e. The van der Waals surface area contributed by atoms with Gasteiger partial charge in [0.1, 0.15) is 17.4 Å². The SMILES string of the molecule is O=C(c1coc2ccccc2c1=O)N(CCN1CCOCC1)c1nc2ccccc2s1. The minimum Gasteiger partial charge on any atom is -0.463 e. The fourth-order valence-corrected chi connectivity index (χ4v) is 4.69. The van der Waals surface area contributed by atoms with Crippen molar-refractivity contribution in [3.05, 3.63) is 70.6 Å². The van der Waals surface area contributed by atoms with E-state index in [2.05, 4.69) is 9.88 Å². The molecule has 2 aromatic carbocycles. The first-order valence-electron chi connectivity index (χ1n) is 10.2. The van der Waals surface area contributed by atoms with Gasteiger partial charge in [0.2, 0.25) is 5.43 Å². The van der Waals surface area contributed by atoms with Crippen molar-refractivity contribution in [1.82, 2.24) is 9.88 Å². The molecule has 3 heterocycles. The maximum Gasteiger partial charge on any atom is 0.267 e. The van der Waals surface area contributed by atoms with Gasteiger partial charge in [-0.25, -0.2) is 4.98 Å². The summed E-state index contributed by atoms with van der Waals surface area (Å²) >= 11 is 1.44. The molecule has 7 nitrogen and oxygen atoms in total. The summed E-state index contributed by atoms with van der Waals surface area (Å²) in [5, 5.41) is 0.970. The zero-order valence-corrected chi connectivity index (χ0v) is 17.6. The highest BCUT2D eigenvalue weighted by atomic mass is 32.1. The van der Waals surface area contributed by atoms with Gasteiger partial charge in [-0.05, 0) is 24.3 Å². The standard InChI is InChI=1S/C23H21N3O4S/c27-21-16-5-1-3-7-19(16)30-15-17(21)22(28)26(10-9-25-11-13-29-14-12-25)23-24-18-6-2-4-8-20(18)31-23/h1-8,15H,9-14H2. The molecule has 8 heteroatoms. The van der Waals surface area contributed by atoms with Gasteiger partial charge in [0.05, 0.1) is 28.8 Å². The normalized spacial score (nSPS) is 14.8. The average Bonchev–Trinajstić information content (AvgIpc) is 3.24. The number of carbonyl (C=O) groups excluding carboxylic acids is 1. The number of thiazole rings is 1. The number of anilines is 1. The fourth-order valence-electron chi connectivity index (χ4n) is 3.70. The van der Waals surface area contributed by atoms with E-state index in [1.165, 1.54) is 17.6 Å². The molecule has 0 spiro atoms. The molecule has 2 aromatic heterocycles. The predicted octanol–water partition coefficient (Wildman–Crippen LogP) is 3.38. The second-order valence-electron chi connectivity index (χ2n) is 7.35. The molecule has 1 fully saturated rings. The topological polar surface area (TPSA) is 75.9 Å². The summed E-state index contributed by atoms with van der Waals surface area (Å²) in [5.74, 6) is -0.396. The van der Waals surface area contributed by atoms with E-state index in [0.29, 0.717) is 42.4 Å². The fraction of sp³-hybridized carbons (Fsp3) is 0.261. The van der Waals surface area contributed by atoms with Gasteiger partial charge in [-0.15, -0.1) is 0 Å². The van der Waals surface area contributed by atoms with E-state index in [4.69, 9.17) is 9.15 Å². The van der Waals surface area contributed by atoms with Gasteiger partial charge in [-0.3, -0.25) is 19.4 Å². The summed E-state index contributed by atoms with van der Waals surface area (Å²) in [6.45, 7) is 4.10. The lowest BCUT2D eigenvalue weighted by Crippen LogP contribution is -2.44. The molecule has 5 rings (SSSR count). The smallest absolute Gasteiger partial charge is 0.267 e. The number of aromatic nitrogens is 1. The lowest BCUT2D eigenvalue weighted by atomic mass is 10.1. The molecular formula is C23H21N3O4S. The monoisotopic (exact) mass is 435 g/mol.